The molecule has 1 saturated heterocycles. The van der Waals surface area contributed by atoms with Crippen molar-refractivity contribution in [1.82, 2.24) is 10.2 Å². The first kappa shape index (κ1) is 20.0. The molecular weight excluding hydrogens is 437 g/mol. The van der Waals surface area contributed by atoms with Crippen molar-refractivity contribution in [3.63, 3.8) is 0 Å². The zero-order valence-corrected chi connectivity index (χ0v) is 17.6. The normalized spacial score (nSPS) is 29.1. The molecular formula is C17H30IN3O2S. The number of guanidine groups is 1. The molecule has 2 aliphatic carbocycles. The van der Waals surface area contributed by atoms with Crippen molar-refractivity contribution in [3.8, 4) is 0 Å². The summed E-state index contributed by atoms with van der Waals surface area (Å²) >= 11 is 0. The van der Waals surface area contributed by atoms with Gasteiger partial charge >= 0.3 is 0 Å². The van der Waals surface area contributed by atoms with Crippen LogP contribution in [0.3, 0.4) is 0 Å². The molecule has 138 valence electrons. The number of nitrogens with one attached hydrogen (secondary N) is 1. The predicted octanol–water partition coefficient (Wildman–Crippen LogP) is 2.44. The molecule has 2 atom stereocenters. The Hall–Kier alpha value is -0.310. The van der Waals surface area contributed by atoms with Crippen molar-refractivity contribution >= 4 is 39.8 Å². The number of halogens is 1. The smallest absolute Gasteiger partial charge is 0.193 e. The Morgan fingerprint density at radius 1 is 1.21 bits per heavy atom. The van der Waals surface area contributed by atoms with E-state index >= 15 is 0 Å². The quantitative estimate of drug-likeness (QED) is 0.292. The molecule has 3 rings (SSSR count). The minimum absolute atomic E-state index is 0. The van der Waals surface area contributed by atoms with Gasteiger partial charge in [-0.3, -0.25) is 4.99 Å². The van der Waals surface area contributed by atoms with E-state index in [2.05, 4.69) is 29.4 Å². The zero-order chi connectivity index (χ0) is 16.3. The average molecular weight is 467 g/mol. The Labute approximate surface area is 163 Å². The lowest BCUT2D eigenvalue weighted by Gasteiger charge is -2.28. The fourth-order valence-corrected chi connectivity index (χ4v) is 5.26. The number of aliphatic imine (C=N–C) groups is 1. The summed E-state index contributed by atoms with van der Waals surface area (Å²) in [6.45, 7) is 1.65. The summed E-state index contributed by atoms with van der Waals surface area (Å²) in [5.41, 5.74) is 0. The number of allylic oxidation sites excluding steroid dienone is 2. The zero-order valence-electron chi connectivity index (χ0n) is 14.5. The third kappa shape index (κ3) is 6.20. The molecule has 24 heavy (non-hydrogen) atoms. The Morgan fingerprint density at radius 3 is 2.58 bits per heavy atom. The van der Waals surface area contributed by atoms with Gasteiger partial charge in [-0.05, 0) is 50.4 Å². The van der Waals surface area contributed by atoms with E-state index in [9.17, 15) is 8.42 Å². The molecule has 0 spiro atoms. The summed E-state index contributed by atoms with van der Waals surface area (Å²) in [7, 11) is -0.699. The van der Waals surface area contributed by atoms with Crippen LogP contribution < -0.4 is 5.32 Å². The molecule has 0 amide bonds. The minimum atomic E-state index is -2.81. The van der Waals surface area contributed by atoms with Gasteiger partial charge in [0.05, 0.1) is 11.5 Å². The number of hydrogen-bond donors (Lipinski definition) is 1. The van der Waals surface area contributed by atoms with Crippen molar-refractivity contribution in [1.29, 1.82) is 0 Å². The van der Waals surface area contributed by atoms with Gasteiger partial charge in [0.1, 0.15) is 0 Å². The molecule has 2 unspecified atom stereocenters. The van der Waals surface area contributed by atoms with Gasteiger partial charge in [0.2, 0.25) is 0 Å². The van der Waals surface area contributed by atoms with Crippen LogP contribution in [0.4, 0.5) is 0 Å². The van der Waals surface area contributed by atoms with Crippen molar-refractivity contribution in [2.75, 3.05) is 31.6 Å². The predicted molar refractivity (Wildman–Crippen MR) is 110 cm³/mol. The van der Waals surface area contributed by atoms with Gasteiger partial charge in [0.15, 0.2) is 15.8 Å². The first-order chi connectivity index (χ1) is 11.0. The molecule has 3 aliphatic rings. The fourth-order valence-electron chi connectivity index (χ4n) is 3.41. The Kier molecular flexibility index (Phi) is 7.39. The topological polar surface area (TPSA) is 61.8 Å². The highest BCUT2D eigenvalue weighted by molar-refractivity contribution is 14.0. The molecule has 2 fully saturated rings. The molecule has 1 heterocycles. The largest absolute Gasteiger partial charge is 0.354 e. The summed E-state index contributed by atoms with van der Waals surface area (Å²) in [5.74, 6) is 2.50. The van der Waals surface area contributed by atoms with Crippen LogP contribution in [-0.4, -0.2) is 57.0 Å². The first-order valence-electron chi connectivity index (χ1n) is 8.89. The minimum Gasteiger partial charge on any atom is -0.354 e. The third-order valence-corrected chi connectivity index (χ3v) is 6.84. The van der Waals surface area contributed by atoms with Gasteiger partial charge in [0, 0.05) is 26.2 Å². The number of sulfone groups is 1. The van der Waals surface area contributed by atoms with E-state index in [-0.39, 0.29) is 29.9 Å². The van der Waals surface area contributed by atoms with Crippen LogP contribution in [0.15, 0.2) is 17.1 Å². The number of hydrogen-bond acceptors (Lipinski definition) is 3. The van der Waals surface area contributed by atoms with Gasteiger partial charge in [-0.25, -0.2) is 8.42 Å². The van der Waals surface area contributed by atoms with E-state index < -0.39 is 9.84 Å². The van der Waals surface area contributed by atoms with Crippen LogP contribution >= 0.6 is 24.0 Å². The second-order valence-electron chi connectivity index (χ2n) is 7.38. The standard InChI is InChI=1S/C17H29N3O2S.HI/c1-20(12-14-5-3-2-4-6-14)17(19-16-7-8-16)18-11-15-9-10-23(21,22)13-15;/h2-3,14-16H,4-13H2,1H3,(H,18,19);1H. The van der Waals surface area contributed by atoms with Crippen molar-refractivity contribution < 1.29 is 8.42 Å². The molecule has 0 radical (unpaired) electrons. The summed E-state index contributed by atoms with van der Waals surface area (Å²) in [5, 5.41) is 3.53. The molecule has 0 aromatic heterocycles. The maximum absolute atomic E-state index is 11.6. The third-order valence-electron chi connectivity index (χ3n) is 5.01. The van der Waals surface area contributed by atoms with E-state index in [1.54, 1.807) is 0 Å². The highest BCUT2D eigenvalue weighted by Gasteiger charge is 2.29. The van der Waals surface area contributed by atoms with E-state index in [0.29, 0.717) is 30.0 Å². The molecule has 5 nitrogen and oxygen atoms in total. The second-order valence-corrected chi connectivity index (χ2v) is 9.61. The lowest BCUT2D eigenvalue weighted by Crippen LogP contribution is -2.42. The number of nitrogens with zero attached hydrogens (tertiary/aromatic N) is 2. The summed E-state index contributed by atoms with van der Waals surface area (Å²) in [4.78, 5) is 7.01. The Balaban J connectivity index is 0.00000208. The molecule has 1 aliphatic heterocycles. The van der Waals surface area contributed by atoms with Crippen LogP contribution in [0.5, 0.6) is 0 Å². The summed E-state index contributed by atoms with van der Waals surface area (Å²) in [6, 6.07) is 0.565. The number of rotatable bonds is 5. The van der Waals surface area contributed by atoms with Crippen molar-refractivity contribution in [2.45, 2.75) is 44.6 Å². The van der Waals surface area contributed by atoms with Gasteiger partial charge in [-0.1, -0.05) is 12.2 Å². The lowest BCUT2D eigenvalue weighted by molar-refractivity contribution is 0.351. The highest BCUT2D eigenvalue weighted by Crippen LogP contribution is 2.22. The van der Waals surface area contributed by atoms with Crippen LogP contribution in [-0.2, 0) is 9.84 Å². The summed E-state index contributed by atoms with van der Waals surface area (Å²) in [6.07, 6.45) is 11.3. The van der Waals surface area contributed by atoms with Gasteiger partial charge in [0.25, 0.3) is 0 Å². The van der Waals surface area contributed by atoms with Crippen LogP contribution in [0.1, 0.15) is 38.5 Å². The van der Waals surface area contributed by atoms with Gasteiger partial charge in [-0.2, -0.15) is 0 Å². The van der Waals surface area contributed by atoms with Crippen LogP contribution in [0, 0.1) is 11.8 Å². The maximum Gasteiger partial charge on any atom is 0.193 e. The lowest BCUT2D eigenvalue weighted by atomic mass is 9.94. The molecule has 1 saturated carbocycles. The average Bonchev–Trinajstić information content (AvgIpc) is 3.27. The van der Waals surface area contributed by atoms with E-state index in [1.165, 1.54) is 25.7 Å². The molecule has 1 N–H and O–H groups in total. The SMILES string of the molecule is CN(CC1CC=CCC1)C(=NCC1CCS(=O)(=O)C1)NC1CC1.I. The summed E-state index contributed by atoms with van der Waals surface area (Å²) < 4.78 is 23.2. The van der Waals surface area contributed by atoms with Crippen LogP contribution in [0.25, 0.3) is 0 Å². The first-order valence-corrected chi connectivity index (χ1v) is 10.7. The molecule has 7 heteroatoms. The fraction of sp³-hybridized carbons (Fsp3) is 0.824. The van der Waals surface area contributed by atoms with Crippen LogP contribution in [0.2, 0.25) is 0 Å². The van der Waals surface area contributed by atoms with Gasteiger partial charge < -0.3 is 10.2 Å². The Morgan fingerprint density at radius 2 is 2.00 bits per heavy atom. The van der Waals surface area contributed by atoms with E-state index in [4.69, 9.17) is 4.99 Å². The molecule has 0 aromatic rings. The van der Waals surface area contributed by atoms with E-state index in [1.807, 2.05) is 0 Å². The van der Waals surface area contributed by atoms with Crippen molar-refractivity contribution in [2.24, 2.45) is 16.8 Å². The molecule has 0 bridgehead atoms. The highest BCUT2D eigenvalue weighted by atomic mass is 127. The maximum atomic E-state index is 11.6. The molecule has 0 aromatic carbocycles. The second kappa shape index (κ2) is 8.87. The Bertz CT molecular complexity index is 572. The van der Waals surface area contributed by atoms with Gasteiger partial charge in [-0.15, -0.1) is 24.0 Å². The van der Waals surface area contributed by atoms with E-state index in [0.717, 1.165) is 25.3 Å². The monoisotopic (exact) mass is 467 g/mol. The van der Waals surface area contributed by atoms with Crippen molar-refractivity contribution in [3.05, 3.63) is 12.2 Å².